The van der Waals surface area contributed by atoms with Gasteiger partial charge < -0.3 is 9.84 Å². The molecule has 3 nitrogen and oxygen atoms in total. The molecule has 0 saturated carbocycles. The summed E-state index contributed by atoms with van der Waals surface area (Å²) in [6, 6.07) is 2.19. The van der Waals surface area contributed by atoms with Gasteiger partial charge in [0, 0.05) is 31.6 Å². The Morgan fingerprint density at radius 2 is 2.25 bits per heavy atom. The van der Waals surface area contributed by atoms with Crippen molar-refractivity contribution in [3.63, 3.8) is 0 Å². The fraction of sp³-hybridized carbons (Fsp3) is 0.636. The summed E-state index contributed by atoms with van der Waals surface area (Å²) in [5, 5.41) is 8.99. The van der Waals surface area contributed by atoms with E-state index in [0.717, 1.165) is 13.1 Å². The third-order valence-electron chi connectivity index (χ3n) is 2.32. The molecule has 1 N–H and O–H groups in total. The molecule has 92 valence electrons. The molecule has 0 aromatic carbocycles. The molecule has 0 aliphatic carbocycles. The summed E-state index contributed by atoms with van der Waals surface area (Å²) < 4.78 is 6.25. The van der Waals surface area contributed by atoms with Crippen molar-refractivity contribution in [1.82, 2.24) is 4.90 Å². The molecular formula is C11H18BrNO2S. The van der Waals surface area contributed by atoms with E-state index in [0.29, 0.717) is 13.2 Å². The van der Waals surface area contributed by atoms with E-state index in [9.17, 15) is 0 Å². The van der Waals surface area contributed by atoms with Gasteiger partial charge in [-0.3, -0.25) is 4.90 Å². The normalized spacial score (nSPS) is 11.3. The van der Waals surface area contributed by atoms with Crippen LogP contribution in [0.4, 0.5) is 0 Å². The Balaban J connectivity index is 2.52. The van der Waals surface area contributed by atoms with Crippen molar-refractivity contribution in [2.24, 2.45) is 0 Å². The number of aliphatic hydroxyl groups excluding tert-OH is 1. The van der Waals surface area contributed by atoms with Gasteiger partial charge in [-0.05, 0) is 34.5 Å². The van der Waals surface area contributed by atoms with Crippen molar-refractivity contribution in [2.75, 3.05) is 33.4 Å². The summed E-state index contributed by atoms with van der Waals surface area (Å²) >= 11 is 5.28. The largest absolute Gasteiger partial charge is 0.395 e. The fourth-order valence-corrected chi connectivity index (χ4v) is 3.12. The van der Waals surface area contributed by atoms with Crippen LogP contribution in [0, 0.1) is 6.92 Å². The lowest BCUT2D eigenvalue weighted by Crippen LogP contribution is -2.29. The zero-order valence-electron chi connectivity index (χ0n) is 9.70. The molecule has 0 unspecified atom stereocenters. The van der Waals surface area contributed by atoms with E-state index in [1.807, 2.05) is 0 Å². The Bertz CT molecular complexity index is 297. The van der Waals surface area contributed by atoms with Gasteiger partial charge in [0.15, 0.2) is 0 Å². The Morgan fingerprint density at radius 3 is 2.75 bits per heavy atom. The fourth-order valence-electron chi connectivity index (χ4n) is 1.45. The van der Waals surface area contributed by atoms with E-state index in [-0.39, 0.29) is 6.61 Å². The average molecular weight is 308 g/mol. The highest BCUT2D eigenvalue weighted by Crippen LogP contribution is 2.28. The molecule has 0 spiro atoms. The van der Waals surface area contributed by atoms with Crippen LogP contribution in [0.25, 0.3) is 0 Å². The lowest BCUT2D eigenvalue weighted by molar-refractivity contribution is 0.127. The molecule has 1 rings (SSSR count). The van der Waals surface area contributed by atoms with Crippen LogP contribution in [0.1, 0.15) is 10.4 Å². The lowest BCUT2D eigenvalue weighted by atomic mass is 10.3. The maximum atomic E-state index is 8.99. The molecule has 0 saturated heterocycles. The van der Waals surface area contributed by atoms with Gasteiger partial charge in [-0.2, -0.15) is 0 Å². The molecular weight excluding hydrogens is 290 g/mol. The van der Waals surface area contributed by atoms with Crippen molar-refractivity contribution in [3.05, 3.63) is 20.3 Å². The van der Waals surface area contributed by atoms with Crippen LogP contribution in [0.3, 0.4) is 0 Å². The van der Waals surface area contributed by atoms with Crippen LogP contribution >= 0.6 is 27.3 Å². The number of hydrogen-bond acceptors (Lipinski definition) is 4. The minimum absolute atomic E-state index is 0.190. The highest BCUT2D eigenvalue weighted by molar-refractivity contribution is 9.11. The Morgan fingerprint density at radius 1 is 1.50 bits per heavy atom. The SMILES string of the molecule is COCCN(CCO)Cc1cc(C)c(Br)s1. The van der Waals surface area contributed by atoms with E-state index < -0.39 is 0 Å². The summed E-state index contributed by atoms with van der Waals surface area (Å²) in [7, 11) is 1.70. The number of methoxy groups -OCH3 is 1. The molecule has 1 heterocycles. The number of thiophene rings is 1. The molecule has 1 aromatic heterocycles. The minimum atomic E-state index is 0.190. The van der Waals surface area contributed by atoms with Gasteiger partial charge in [0.05, 0.1) is 17.0 Å². The van der Waals surface area contributed by atoms with E-state index >= 15 is 0 Å². The van der Waals surface area contributed by atoms with Crippen LogP contribution in [0.2, 0.25) is 0 Å². The predicted molar refractivity (Wildman–Crippen MR) is 71.0 cm³/mol. The Kier molecular flexibility index (Phi) is 6.53. The number of halogens is 1. The van der Waals surface area contributed by atoms with Gasteiger partial charge in [0.1, 0.15) is 0 Å². The van der Waals surface area contributed by atoms with Gasteiger partial charge >= 0.3 is 0 Å². The molecule has 0 fully saturated rings. The van der Waals surface area contributed by atoms with Crippen molar-refractivity contribution in [2.45, 2.75) is 13.5 Å². The van der Waals surface area contributed by atoms with Gasteiger partial charge in [-0.1, -0.05) is 0 Å². The highest BCUT2D eigenvalue weighted by Gasteiger charge is 2.08. The second-order valence-corrected chi connectivity index (χ2v) is 6.12. The zero-order chi connectivity index (χ0) is 12.0. The molecule has 16 heavy (non-hydrogen) atoms. The first-order chi connectivity index (χ1) is 7.67. The van der Waals surface area contributed by atoms with Gasteiger partial charge in [0.25, 0.3) is 0 Å². The van der Waals surface area contributed by atoms with Gasteiger partial charge in [-0.25, -0.2) is 0 Å². The number of hydrogen-bond donors (Lipinski definition) is 1. The third-order valence-corrected chi connectivity index (χ3v) is 4.44. The first-order valence-corrected chi connectivity index (χ1v) is 6.85. The third kappa shape index (κ3) is 4.51. The molecule has 0 bridgehead atoms. The van der Waals surface area contributed by atoms with E-state index in [4.69, 9.17) is 9.84 Å². The van der Waals surface area contributed by atoms with E-state index in [1.54, 1.807) is 18.4 Å². The van der Waals surface area contributed by atoms with Crippen LogP contribution < -0.4 is 0 Å². The second-order valence-electron chi connectivity index (χ2n) is 3.66. The van der Waals surface area contributed by atoms with E-state index in [1.165, 1.54) is 14.2 Å². The van der Waals surface area contributed by atoms with Crippen molar-refractivity contribution < 1.29 is 9.84 Å². The summed E-state index contributed by atoms with van der Waals surface area (Å²) in [6.45, 7) is 5.40. The number of nitrogens with zero attached hydrogens (tertiary/aromatic N) is 1. The lowest BCUT2D eigenvalue weighted by Gasteiger charge is -2.19. The highest BCUT2D eigenvalue weighted by atomic mass is 79.9. The first kappa shape index (κ1) is 14.1. The summed E-state index contributed by atoms with van der Waals surface area (Å²) in [5.41, 5.74) is 1.27. The topological polar surface area (TPSA) is 32.7 Å². The summed E-state index contributed by atoms with van der Waals surface area (Å²) in [5.74, 6) is 0. The first-order valence-electron chi connectivity index (χ1n) is 5.24. The number of aliphatic hydroxyl groups is 1. The molecule has 5 heteroatoms. The smallest absolute Gasteiger partial charge is 0.0730 e. The Hall–Kier alpha value is 0.0600. The molecule has 0 aliphatic rings. The maximum absolute atomic E-state index is 8.99. The zero-order valence-corrected chi connectivity index (χ0v) is 12.1. The van der Waals surface area contributed by atoms with Gasteiger partial charge in [0.2, 0.25) is 0 Å². The van der Waals surface area contributed by atoms with Gasteiger partial charge in [-0.15, -0.1) is 11.3 Å². The summed E-state index contributed by atoms with van der Waals surface area (Å²) in [4.78, 5) is 3.51. The Labute approximate surface area is 109 Å². The minimum Gasteiger partial charge on any atom is -0.395 e. The number of rotatable bonds is 7. The summed E-state index contributed by atoms with van der Waals surface area (Å²) in [6.07, 6.45) is 0. The van der Waals surface area contributed by atoms with Crippen LogP contribution in [0.15, 0.2) is 9.85 Å². The van der Waals surface area contributed by atoms with Crippen molar-refractivity contribution in [3.8, 4) is 0 Å². The molecule has 1 aromatic rings. The van der Waals surface area contributed by atoms with Crippen LogP contribution in [-0.2, 0) is 11.3 Å². The molecule has 0 amide bonds. The predicted octanol–water partition coefficient (Wildman–Crippen LogP) is 2.26. The standard InChI is InChI=1S/C11H18BrNO2S/c1-9-7-10(16-11(9)12)8-13(3-5-14)4-6-15-2/h7,14H,3-6,8H2,1-2H3. The molecule has 0 aliphatic heterocycles. The molecule has 0 radical (unpaired) electrons. The quantitative estimate of drug-likeness (QED) is 0.839. The number of ether oxygens (including phenoxy) is 1. The monoisotopic (exact) mass is 307 g/mol. The second kappa shape index (κ2) is 7.40. The van der Waals surface area contributed by atoms with Crippen LogP contribution in [0.5, 0.6) is 0 Å². The molecule has 0 atom stereocenters. The van der Waals surface area contributed by atoms with Crippen molar-refractivity contribution in [1.29, 1.82) is 0 Å². The van der Waals surface area contributed by atoms with Crippen LogP contribution in [-0.4, -0.2) is 43.4 Å². The average Bonchev–Trinajstić information content (AvgIpc) is 2.55. The van der Waals surface area contributed by atoms with Crippen molar-refractivity contribution >= 4 is 27.3 Å². The number of aryl methyl sites for hydroxylation is 1. The maximum Gasteiger partial charge on any atom is 0.0730 e. The van der Waals surface area contributed by atoms with E-state index in [2.05, 4.69) is 33.8 Å².